The van der Waals surface area contributed by atoms with Crippen molar-refractivity contribution in [1.82, 2.24) is 5.32 Å². The number of amides is 2. The summed E-state index contributed by atoms with van der Waals surface area (Å²) in [6.07, 6.45) is 3.39. The van der Waals surface area contributed by atoms with Crippen molar-refractivity contribution in [3.63, 3.8) is 0 Å². The number of hydrogen-bond acceptors (Lipinski definition) is 3. The van der Waals surface area contributed by atoms with E-state index in [1.54, 1.807) is 43.3 Å². The van der Waals surface area contributed by atoms with Crippen molar-refractivity contribution in [1.29, 1.82) is 0 Å². The van der Waals surface area contributed by atoms with E-state index in [4.69, 9.17) is 23.8 Å². The van der Waals surface area contributed by atoms with Crippen molar-refractivity contribution in [2.45, 2.75) is 13.3 Å². The topological polar surface area (TPSA) is 70.2 Å². The molecule has 0 spiro atoms. The van der Waals surface area contributed by atoms with Crippen LogP contribution in [-0.2, 0) is 9.59 Å². The normalized spacial score (nSPS) is 10.4. The van der Waals surface area contributed by atoms with Crippen molar-refractivity contribution in [3.05, 3.63) is 65.2 Å². The summed E-state index contributed by atoms with van der Waals surface area (Å²) in [5.74, 6) is -0.423. The summed E-state index contributed by atoms with van der Waals surface area (Å²) >= 11 is 11.1. The van der Waals surface area contributed by atoms with Crippen LogP contribution in [0.5, 0.6) is 0 Å². The highest BCUT2D eigenvalue weighted by Crippen LogP contribution is 2.16. The maximum atomic E-state index is 11.9. The largest absolute Gasteiger partial charge is 0.332 e. The van der Waals surface area contributed by atoms with Crippen LogP contribution in [0.25, 0.3) is 6.08 Å². The van der Waals surface area contributed by atoms with E-state index < -0.39 is 0 Å². The van der Waals surface area contributed by atoms with Crippen LogP contribution in [0.4, 0.5) is 11.4 Å². The lowest BCUT2D eigenvalue weighted by Crippen LogP contribution is -2.32. The Labute approximate surface area is 162 Å². The maximum Gasteiger partial charge on any atom is 0.250 e. The highest BCUT2D eigenvalue weighted by Gasteiger charge is 2.03. The SMILES string of the molecule is CCC(=O)Nc1ccc(NC(=S)NC(=O)/C=C/c2ccccc2Cl)cc1. The summed E-state index contributed by atoms with van der Waals surface area (Å²) in [5, 5.41) is 8.94. The molecule has 134 valence electrons. The van der Waals surface area contributed by atoms with Crippen LogP contribution in [0.2, 0.25) is 5.02 Å². The summed E-state index contributed by atoms with van der Waals surface area (Å²) in [4.78, 5) is 23.3. The first-order valence-corrected chi connectivity index (χ1v) is 8.71. The number of hydrogen-bond donors (Lipinski definition) is 3. The fourth-order valence-electron chi connectivity index (χ4n) is 1.98. The summed E-state index contributed by atoms with van der Waals surface area (Å²) < 4.78 is 0. The van der Waals surface area contributed by atoms with E-state index in [1.807, 2.05) is 18.2 Å². The molecule has 7 heteroatoms. The van der Waals surface area contributed by atoms with Crippen molar-refractivity contribution < 1.29 is 9.59 Å². The first-order chi connectivity index (χ1) is 12.5. The first kappa shape index (κ1) is 19.6. The molecule has 0 aliphatic rings. The summed E-state index contributed by atoms with van der Waals surface area (Å²) in [6.45, 7) is 1.78. The van der Waals surface area contributed by atoms with Crippen molar-refractivity contribution >= 4 is 58.2 Å². The van der Waals surface area contributed by atoms with Gasteiger partial charge in [-0.25, -0.2) is 0 Å². The van der Waals surface area contributed by atoms with Gasteiger partial charge in [0.15, 0.2) is 5.11 Å². The van der Waals surface area contributed by atoms with Crippen LogP contribution < -0.4 is 16.0 Å². The molecule has 2 aromatic carbocycles. The molecule has 2 aromatic rings. The summed E-state index contributed by atoms with van der Waals surface area (Å²) in [7, 11) is 0. The Hall–Kier alpha value is -2.70. The molecule has 0 aliphatic carbocycles. The van der Waals surface area contributed by atoms with Crippen molar-refractivity contribution in [2.75, 3.05) is 10.6 Å². The van der Waals surface area contributed by atoms with Gasteiger partial charge in [-0.3, -0.25) is 14.9 Å². The maximum absolute atomic E-state index is 11.9. The van der Waals surface area contributed by atoms with E-state index in [0.29, 0.717) is 22.8 Å². The number of halogens is 1. The second kappa shape index (κ2) is 9.70. The molecule has 2 rings (SSSR count). The lowest BCUT2D eigenvalue weighted by Gasteiger charge is -2.09. The number of anilines is 2. The molecule has 0 bridgehead atoms. The molecule has 0 saturated heterocycles. The van der Waals surface area contributed by atoms with Crippen molar-refractivity contribution in [2.24, 2.45) is 0 Å². The minimum Gasteiger partial charge on any atom is -0.332 e. The zero-order chi connectivity index (χ0) is 18.9. The number of carbonyl (C=O) groups is 2. The molecule has 0 unspecified atom stereocenters. The number of benzene rings is 2. The van der Waals surface area contributed by atoms with E-state index >= 15 is 0 Å². The molecular formula is C19H18ClN3O2S. The minimum absolute atomic E-state index is 0.0567. The lowest BCUT2D eigenvalue weighted by molar-refractivity contribution is -0.116. The van der Waals surface area contributed by atoms with E-state index in [-0.39, 0.29) is 16.9 Å². The third-order valence-corrected chi connectivity index (χ3v) is 3.85. The second-order valence-electron chi connectivity index (χ2n) is 5.28. The summed E-state index contributed by atoms with van der Waals surface area (Å²) in [5.41, 5.74) is 2.13. The third kappa shape index (κ3) is 6.31. The van der Waals surface area contributed by atoms with Crippen LogP contribution in [0.3, 0.4) is 0 Å². The van der Waals surface area contributed by atoms with Gasteiger partial charge in [-0.15, -0.1) is 0 Å². The zero-order valence-corrected chi connectivity index (χ0v) is 15.7. The lowest BCUT2D eigenvalue weighted by atomic mass is 10.2. The molecule has 3 N–H and O–H groups in total. The van der Waals surface area contributed by atoms with Crippen LogP contribution >= 0.6 is 23.8 Å². The van der Waals surface area contributed by atoms with Crippen LogP contribution in [0, 0.1) is 0 Å². The Kier molecular flexibility index (Phi) is 7.32. The Morgan fingerprint density at radius 2 is 1.65 bits per heavy atom. The minimum atomic E-state index is -0.366. The monoisotopic (exact) mass is 387 g/mol. The van der Waals surface area contributed by atoms with Crippen LogP contribution in [0.1, 0.15) is 18.9 Å². The third-order valence-electron chi connectivity index (χ3n) is 3.30. The molecule has 2 amide bonds. The quantitative estimate of drug-likeness (QED) is 0.530. The first-order valence-electron chi connectivity index (χ1n) is 7.92. The van der Waals surface area contributed by atoms with Gasteiger partial charge >= 0.3 is 0 Å². The van der Waals surface area contributed by atoms with E-state index in [0.717, 1.165) is 5.56 Å². The van der Waals surface area contributed by atoms with Crippen LogP contribution in [-0.4, -0.2) is 16.9 Å². The van der Waals surface area contributed by atoms with Gasteiger partial charge in [0.2, 0.25) is 11.8 Å². The van der Waals surface area contributed by atoms with Crippen molar-refractivity contribution in [3.8, 4) is 0 Å². The van der Waals surface area contributed by atoms with Gasteiger partial charge in [0, 0.05) is 28.9 Å². The van der Waals surface area contributed by atoms with Crippen LogP contribution in [0.15, 0.2) is 54.6 Å². The number of thiocarbonyl (C=S) groups is 1. The number of carbonyl (C=O) groups excluding carboxylic acids is 2. The molecular weight excluding hydrogens is 370 g/mol. The fraction of sp³-hybridized carbons (Fsp3) is 0.105. The summed E-state index contributed by atoms with van der Waals surface area (Å²) in [6, 6.07) is 14.2. The second-order valence-corrected chi connectivity index (χ2v) is 6.09. The predicted octanol–water partition coefficient (Wildman–Crippen LogP) is 4.21. The van der Waals surface area contributed by atoms with Gasteiger partial charge in [-0.05, 0) is 54.2 Å². The van der Waals surface area contributed by atoms with E-state index in [9.17, 15) is 9.59 Å². The van der Waals surface area contributed by atoms with Gasteiger partial charge < -0.3 is 10.6 Å². The number of nitrogens with one attached hydrogen (secondary N) is 3. The molecule has 0 fully saturated rings. The predicted molar refractivity (Wildman–Crippen MR) is 110 cm³/mol. The molecule has 26 heavy (non-hydrogen) atoms. The average Bonchev–Trinajstić information content (AvgIpc) is 2.62. The zero-order valence-electron chi connectivity index (χ0n) is 14.1. The van der Waals surface area contributed by atoms with Gasteiger partial charge in [0.25, 0.3) is 0 Å². The van der Waals surface area contributed by atoms with Gasteiger partial charge in [0.05, 0.1) is 0 Å². The number of rotatable bonds is 5. The average molecular weight is 388 g/mol. The smallest absolute Gasteiger partial charge is 0.250 e. The molecule has 0 saturated carbocycles. The Morgan fingerprint density at radius 1 is 1.04 bits per heavy atom. The molecule has 0 aliphatic heterocycles. The van der Waals surface area contributed by atoms with Gasteiger partial charge in [-0.1, -0.05) is 36.7 Å². The van der Waals surface area contributed by atoms with E-state index in [1.165, 1.54) is 6.08 Å². The molecule has 0 atom stereocenters. The molecule has 0 aromatic heterocycles. The molecule has 5 nitrogen and oxygen atoms in total. The highest BCUT2D eigenvalue weighted by atomic mass is 35.5. The highest BCUT2D eigenvalue weighted by molar-refractivity contribution is 7.80. The fourth-order valence-corrected chi connectivity index (χ4v) is 2.40. The molecule has 0 radical (unpaired) electrons. The van der Waals surface area contributed by atoms with E-state index in [2.05, 4.69) is 16.0 Å². The Morgan fingerprint density at radius 3 is 2.27 bits per heavy atom. The molecule has 0 heterocycles. The standard InChI is InChI=1S/C19H18ClN3O2S/c1-2-17(24)21-14-8-10-15(11-9-14)22-19(26)23-18(25)12-7-13-5-3-4-6-16(13)20/h3-12H,2H2,1H3,(H,21,24)(H2,22,23,25,26)/b12-7+. The van der Waals surface area contributed by atoms with Gasteiger partial charge in [-0.2, -0.15) is 0 Å². The Balaban J connectivity index is 1.87. The van der Waals surface area contributed by atoms with Gasteiger partial charge in [0.1, 0.15) is 0 Å². The Bertz CT molecular complexity index is 835.